The zero-order chi connectivity index (χ0) is 18.6. The quantitative estimate of drug-likeness (QED) is 0.635. The summed E-state index contributed by atoms with van der Waals surface area (Å²) in [6.07, 6.45) is 2.24. The highest BCUT2D eigenvalue weighted by molar-refractivity contribution is 7.07. The number of para-hydroxylation sites is 2. The van der Waals surface area contributed by atoms with Crippen LogP contribution in [0.15, 0.2) is 58.9 Å². The average Bonchev–Trinajstić information content (AvgIpc) is 3.34. The Hall–Kier alpha value is -2.44. The summed E-state index contributed by atoms with van der Waals surface area (Å²) in [6, 6.07) is 14.5. The Balaban J connectivity index is 1.84. The molecule has 0 N–H and O–H groups in total. The van der Waals surface area contributed by atoms with Gasteiger partial charge in [-0.1, -0.05) is 24.3 Å². The topological polar surface area (TPSA) is 35.8 Å². The number of ether oxygens (including phenoxy) is 2. The summed E-state index contributed by atoms with van der Waals surface area (Å²) in [6.45, 7) is 1.48. The van der Waals surface area contributed by atoms with Gasteiger partial charge in [0.2, 0.25) is 0 Å². The highest BCUT2D eigenvalue weighted by atomic mass is 32.1. The number of hydrogen-bond acceptors (Lipinski definition) is 4. The summed E-state index contributed by atoms with van der Waals surface area (Å²) < 4.78 is 27.6. The Labute approximate surface area is 161 Å². The van der Waals surface area contributed by atoms with Crippen LogP contribution in [0.2, 0.25) is 0 Å². The molecule has 0 amide bonds. The van der Waals surface area contributed by atoms with Gasteiger partial charge in [-0.15, -0.1) is 11.3 Å². The first-order chi connectivity index (χ1) is 13.3. The van der Waals surface area contributed by atoms with Gasteiger partial charge in [0, 0.05) is 17.6 Å². The normalized spacial score (nSPS) is 17.4. The fraction of sp³-hybridized carbons (Fsp3) is 0.286. The number of benzene rings is 2. The number of nitrogens with zero attached hydrogens (tertiary/aromatic N) is 2. The third-order valence-electron chi connectivity index (χ3n) is 4.66. The molecule has 0 aliphatic carbocycles. The summed E-state index contributed by atoms with van der Waals surface area (Å²) in [5.41, 5.74) is 2.33. The van der Waals surface area contributed by atoms with Crippen molar-refractivity contribution in [2.24, 2.45) is 4.99 Å². The molecule has 0 bridgehead atoms. The van der Waals surface area contributed by atoms with E-state index in [9.17, 15) is 4.39 Å². The van der Waals surface area contributed by atoms with E-state index in [4.69, 9.17) is 9.47 Å². The highest BCUT2D eigenvalue weighted by Crippen LogP contribution is 2.31. The maximum Gasteiger partial charge on any atom is 0.190 e. The lowest BCUT2D eigenvalue weighted by atomic mass is 10.1. The molecule has 4 rings (SSSR count). The summed E-state index contributed by atoms with van der Waals surface area (Å²) in [5, 5.41) is 2.05. The second-order valence-corrected chi connectivity index (χ2v) is 7.25. The molecule has 27 heavy (non-hydrogen) atoms. The lowest BCUT2D eigenvalue weighted by Crippen LogP contribution is -2.24. The molecule has 1 saturated heterocycles. The lowest BCUT2D eigenvalue weighted by Gasteiger charge is -2.15. The van der Waals surface area contributed by atoms with Crippen LogP contribution in [-0.4, -0.2) is 24.4 Å². The van der Waals surface area contributed by atoms with Crippen LogP contribution in [0.5, 0.6) is 5.75 Å². The molecule has 1 fully saturated rings. The summed E-state index contributed by atoms with van der Waals surface area (Å²) in [7, 11) is 1.67. The van der Waals surface area contributed by atoms with Gasteiger partial charge in [0.05, 0.1) is 25.5 Å². The molecule has 0 saturated carbocycles. The minimum atomic E-state index is -0.326. The van der Waals surface area contributed by atoms with Crippen molar-refractivity contribution in [2.45, 2.75) is 25.5 Å². The van der Waals surface area contributed by atoms with Crippen molar-refractivity contribution in [2.75, 3.05) is 13.7 Å². The fourth-order valence-corrected chi connectivity index (χ4v) is 4.23. The number of aromatic nitrogens is 1. The molecular weight excluding hydrogens is 363 g/mol. The Kier molecular flexibility index (Phi) is 5.36. The van der Waals surface area contributed by atoms with Gasteiger partial charge in [0.25, 0.3) is 0 Å². The van der Waals surface area contributed by atoms with Crippen molar-refractivity contribution < 1.29 is 13.9 Å². The van der Waals surface area contributed by atoms with Gasteiger partial charge in [-0.3, -0.25) is 0 Å². The number of hydrogen-bond donors (Lipinski definition) is 0. The molecule has 1 atom stereocenters. The van der Waals surface area contributed by atoms with Gasteiger partial charge in [-0.2, -0.15) is 0 Å². The molecule has 1 aromatic heterocycles. The first-order valence-electron chi connectivity index (χ1n) is 8.99. The zero-order valence-corrected chi connectivity index (χ0v) is 15.9. The molecule has 2 aromatic carbocycles. The fourth-order valence-electron chi connectivity index (χ4n) is 3.30. The Morgan fingerprint density at radius 3 is 2.81 bits per heavy atom. The van der Waals surface area contributed by atoms with E-state index in [2.05, 4.69) is 9.56 Å². The van der Waals surface area contributed by atoms with Gasteiger partial charge in [-0.25, -0.2) is 9.38 Å². The van der Waals surface area contributed by atoms with Crippen LogP contribution in [0, 0.1) is 5.82 Å². The van der Waals surface area contributed by atoms with Gasteiger partial charge < -0.3 is 14.0 Å². The van der Waals surface area contributed by atoms with Crippen LogP contribution in [0.4, 0.5) is 10.1 Å². The minimum Gasteiger partial charge on any atom is -0.496 e. The zero-order valence-electron chi connectivity index (χ0n) is 15.1. The molecule has 1 aliphatic heterocycles. The monoisotopic (exact) mass is 384 g/mol. The van der Waals surface area contributed by atoms with Crippen LogP contribution in [0.3, 0.4) is 0 Å². The smallest absolute Gasteiger partial charge is 0.190 e. The van der Waals surface area contributed by atoms with Crippen molar-refractivity contribution in [1.29, 1.82) is 0 Å². The molecule has 6 heteroatoms. The number of methoxy groups -OCH3 is 1. The van der Waals surface area contributed by atoms with E-state index in [1.807, 2.05) is 29.6 Å². The average molecular weight is 384 g/mol. The first-order valence-corrected chi connectivity index (χ1v) is 9.87. The van der Waals surface area contributed by atoms with E-state index in [1.54, 1.807) is 25.3 Å². The maximum absolute atomic E-state index is 14.1. The predicted molar refractivity (Wildman–Crippen MR) is 105 cm³/mol. The van der Waals surface area contributed by atoms with E-state index in [0.29, 0.717) is 12.2 Å². The molecule has 4 nitrogen and oxygen atoms in total. The number of rotatable bonds is 5. The minimum absolute atomic E-state index is 0.146. The number of halogens is 1. The molecule has 140 valence electrons. The van der Waals surface area contributed by atoms with Crippen molar-refractivity contribution in [3.05, 3.63) is 64.5 Å². The molecule has 1 aliphatic rings. The SMILES string of the molecule is COc1ccccc1-c1csc(=Nc2ccccc2F)n1CC1CCCO1. The second-order valence-electron chi connectivity index (χ2n) is 6.41. The largest absolute Gasteiger partial charge is 0.496 e. The van der Waals surface area contributed by atoms with E-state index in [-0.39, 0.29) is 11.9 Å². The summed E-state index contributed by atoms with van der Waals surface area (Å²) in [4.78, 5) is 5.34. The standard InChI is InChI=1S/C21H21FN2O2S/c1-25-20-11-5-2-8-16(20)19-14-27-21(23-18-10-4-3-9-17(18)22)24(19)13-15-7-6-12-26-15/h2-5,8-11,14-15H,6-7,12-13H2,1H3. The second kappa shape index (κ2) is 8.06. The van der Waals surface area contributed by atoms with Crippen LogP contribution < -0.4 is 9.54 Å². The van der Waals surface area contributed by atoms with Gasteiger partial charge >= 0.3 is 0 Å². The van der Waals surface area contributed by atoms with Gasteiger partial charge in [-0.05, 0) is 37.1 Å². The molecule has 0 spiro atoms. The summed E-state index contributed by atoms with van der Waals surface area (Å²) in [5.74, 6) is 0.474. The van der Waals surface area contributed by atoms with E-state index in [0.717, 1.165) is 41.3 Å². The van der Waals surface area contributed by atoms with Crippen molar-refractivity contribution in [1.82, 2.24) is 4.57 Å². The van der Waals surface area contributed by atoms with Crippen molar-refractivity contribution in [3.8, 4) is 17.0 Å². The predicted octanol–water partition coefficient (Wildman–Crippen LogP) is 4.78. The van der Waals surface area contributed by atoms with Gasteiger partial charge in [0.1, 0.15) is 17.3 Å². The van der Waals surface area contributed by atoms with E-state index >= 15 is 0 Å². The third kappa shape index (κ3) is 3.82. The molecule has 2 heterocycles. The first kappa shape index (κ1) is 17.9. The number of thiazole rings is 1. The van der Waals surface area contributed by atoms with Crippen LogP contribution >= 0.6 is 11.3 Å². The lowest BCUT2D eigenvalue weighted by molar-refractivity contribution is 0.0968. The molecular formula is C21H21FN2O2S. The Bertz CT molecular complexity index is 990. The molecule has 3 aromatic rings. The van der Waals surface area contributed by atoms with Gasteiger partial charge in [0.15, 0.2) is 4.80 Å². The van der Waals surface area contributed by atoms with Crippen molar-refractivity contribution in [3.63, 3.8) is 0 Å². The summed E-state index contributed by atoms with van der Waals surface area (Å²) >= 11 is 1.50. The Morgan fingerprint density at radius 1 is 1.22 bits per heavy atom. The third-order valence-corrected chi connectivity index (χ3v) is 5.52. The molecule has 1 unspecified atom stereocenters. The molecule has 0 radical (unpaired) electrons. The van der Waals surface area contributed by atoms with Crippen LogP contribution in [0.1, 0.15) is 12.8 Å². The van der Waals surface area contributed by atoms with Crippen LogP contribution in [0.25, 0.3) is 11.3 Å². The Morgan fingerprint density at radius 2 is 2.04 bits per heavy atom. The van der Waals surface area contributed by atoms with Crippen LogP contribution in [-0.2, 0) is 11.3 Å². The highest BCUT2D eigenvalue weighted by Gasteiger charge is 2.20. The van der Waals surface area contributed by atoms with E-state index < -0.39 is 0 Å². The van der Waals surface area contributed by atoms with E-state index in [1.165, 1.54) is 17.4 Å². The maximum atomic E-state index is 14.1. The van der Waals surface area contributed by atoms with Crippen molar-refractivity contribution >= 4 is 17.0 Å².